The fraction of sp³-hybridized carbons (Fsp3) is 0.667. The molecule has 1 fully saturated rings. The van der Waals surface area contributed by atoms with Gasteiger partial charge in [-0.05, 0) is 24.8 Å². The minimum Gasteiger partial charge on any atom is -0.392 e. The molecule has 1 N–H and O–H groups in total. The largest absolute Gasteiger partial charge is 0.392 e. The van der Waals surface area contributed by atoms with Gasteiger partial charge in [-0.15, -0.1) is 0 Å². The summed E-state index contributed by atoms with van der Waals surface area (Å²) in [6.45, 7) is 2.23. The zero-order valence-electron chi connectivity index (χ0n) is 12.3. The Hall–Kier alpha value is -0.820. The van der Waals surface area contributed by atoms with E-state index < -0.39 is 0 Å². The van der Waals surface area contributed by atoms with E-state index in [4.69, 9.17) is 0 Å². The molecule has 106 valence electrons. The van der Waals surface area contributed by atoms with Gasteiger partial charge in [-0.1, -0.05) is 75.8 Å². The number of aliphatic hydroxyl groups is 1. The lowest BCUT2D eigenvalue weighted by Gasteiger charge is -2.35. The summed E-state index contributed by atoms with van der Waals surface area (Å²) in [5.41, 5.74) is 1.41. The maximum Gasteiger partial charge on any atom is 0.0636 e. The first-order chi connectivity index (χ1) is 9.29. The Kier molecular flexibility index (Phi) is 5.45. The lowest BCUT2D eigenvalue weighted by Crippen LogP contribution is -2.37. The topological polar surface area (TPSA) is 20.2 Å². The Balaban J connectivity index is 2.03. The minimum atomic E-state index is -0.158. The molecule has 1 saturated carbocycles. The zero-order valence-corrected chi connectivity index (χ0v) is 12.3. The molecule has 0 amide bonds. The third-order valence-electron chi connectivity index (χ3n) is 4.81. The molecule has 0 aliphatic heterocycles. The first-order valence-corrected chi connectivity index (χ1v) is 8.03. The van der Waals surface area contributed by atoms with Crippen LogP contribution in [0, 0.1) is 0 Å². The molecule has 1 aromatic rings. The first-order valence-electron chi connectivity index (χ1n) is 8.03. The summed E-state index contributed by atoms with van der Waals surface area (Å²) < 4.78 is 0. The van der Waals surface area contributed by atoms with Crippen LogP contribution in [-0.4, -0.2) is 11.2 Å². The van der Waals surface area contributed by atoms with Crippen molar-refractivity contribution in [3.63, 3.8) is 0 Å². The number of unbranched alkanes of at least 4 members (excludes halogenated alkanes) is 3. The molecule has 2 rings (SSSR count). The molecule has 1 nitrogen and oxygen atoms in total. The van der Waals surface area contributed by atoms with Gasteiger partial charge in [0.15, 0.2) is 0 Å². The van der Waals surface area contributed by atoms with Crippen LogP contribution in [0.5, 0.6) is 0 Å². The van der Waals surface area contributed by atoms with Gasteiger partial charge in [-0.2, -0.15) is 0 Å². The van der Waals surface area contributed by atoms with E-state index in [2.05, 4.69) is 37.3 Å². The van der Waals surface area contributed by atoms with Gasteiger partial charge in [0.05, 0.1) is 6.10 Å². The van der Waals surface area contributed by atoms with Gasteiger partial charge in [0.1, 0.15) is 0 Å². The summed E-state index contributed by atoms with van der Waals surface area (Å²) in [5, 5.41) is 10.8. The third kappa shape index (κ3) is 3.39. The molecule has 1 heteroatoms. The van der Waals surface area contributed by atoms with Crippen molar-refractivity contribution in [3.05, 3.63) is 35.9 Å². The van der Waals surface area contributed by atoms with E-state index in [1.807, 2.05) is 0 Å². The summed E-state index contributed by atoms with van der Waals surface area (Å²) in [4.78, 5) is 0. The van der Waals surface area contributed by atoms with E-state index in [1.54, 1.807) is 0 Å². The minimum absolute atomic E-state index is 0.0491. The van der Waals surface area contributed by atoms with Gasteiger partial charge in [-0.3, -0.25) is 0 Å². The Morgan fingerprint density at radius 2 is 1.74 bits per heavy atom. The second kappa shape index (κ2) is 7.09. The fourth-order valence-corrected chi connectivity index (χ4v) is 3.63. The number of hydrogen-bond donors (Lipinski definition) is 1. The van der Waals surface area contributed by atoms with Crippen molar-refractivity contribution >= 4 is 0 Å². The monoisotopic (exact) mass is 260 g/mol. The predicted molar refractivity (Wildman–Crippen MR) is 81.4 cm³/mol. The second-order valence-electron chi connectivity index (χ2n) is 6.09. The third-order valence-corrected chi connectivity index (χ3v) is 4.81. The summed E-state index contributed by atoms with van der Waals surface area (Å²) >= 11 is 0. The van der Waals surface area contributed by atoms with Crippen LogP contribution < -0.4 is 0 Å². The van der Waals surface area contributed by atoms with Crippen LogP contribution in [0.4, 0.5) is 0 Å². The average molecular weight is 260 g/mol. The highest BCUT2D eigenvalue weighted by atomic mass is 16.3. The number of aliphatic hydroxyl groups excluding tert-OH is 1. The summed E-state index contributed by atoms with van der Waals surface area (Å²) in [6, 6.07) is 10.7. The molecular weight excluding hydrogens is 232 g/mol. The molecule has 0 heterocycles. The molecule has 1 aromatic carbocycles. The van der Waals surface area contributed by atoms with Crippen molar-refractivity contribution in [1.82, 2.24) is 0 Å². The lowest BCUT2D eigenvalue weighted by atomic mass is 9.72. The SMILES string of the molecule is CCCCCCC(O)C1(c2ccccc2)CCCC1. The van der Waals surface area contributed by atoms with Crippen molar-refractivity contribution in [3.8, 4) is 0 Å². The molecule has 1 unspecified atom stereocenters. The average Bonchev–Trinajstić information content (AvgIpc) is 2.95. The standard InChI is InChI=1S/C18H28O/c1-2-3-4-8-13-17(19)18(14-9-10-15-18)16-11-6-5-7-12-16/h5-7,11-12,17,19H,2-4,8-10,13-15H2,1H3. The molecule has 1 aliphatic rings. The van der Waals surface area contributed by atoms with E-state index >= 15 is 0 Å². The Bertz CT molecular complexity index is 351. The quantitative estimate of drug-likeness (QED) is 0.696. The molecule has 0 bridgehead atoms. The van der Waals surface area contributed by atoms with Gasteiger partial charge in [0.2, 0.25) is 0 Å². The highest BCUT2D eigenvalue weighted by molar-refractivity contribution is 5.28. The smallest absolute Gasteiger partial charge is 0.0636 e. The normalized spacial score (nSPS) is 19.5. The van der Waals surface area contributed by atoms with Crippen molar-refractivity contribution < 1.29 is 5.11 Å². The summed E-state index contributed by atoms with van der Waals surface area (Å²) in [5.74, 6) is 0. The van der Waals surface area contributed by atoms with Gasteiger partial charge in [0.25, 0.3) is 0 Å². The maximum absolute atomic E-state index is 10.8. The van der Waals surface area contributed by atoms with E-state index in [0.717, 1.165) is 19.3 Å². The van der Waals surface area contributed by atoms with Crippen molar-refractivity contribution in [2.75, 3.05) is 0 Å². The van der Waals surface area contributed by atoms with Crippen molar-refractivity contribution in [2.45, 2.75) is 76.2 Å². The number of benzene rings is 1. The van der Waals surface area contributed by atoms with Crippen LogP contribution in [0.1, 0.15) is 70.3 Å². The van der Waals surface area contributed by atoms with Crippen LogP contribution in [0.15, 0.2) is 30.3 Å². The van der Waals surface area contributed by atoms with Crippen LogP contribution in [0.2, 0.25) is 0 Å². The maximum atomic E-state index is 10.8. The molecule has 0 spiro atoms. The number of hydrogen-bond acceptors (Lipinski definition) is 1. The number of rotatable bonds is 7. The van der Waals surface area contributed by atoms with E-state index in [1.165, 1.54) is 44.1 Å². The van der Waals surface area contributed by atoms with Crippen LogP contribution in [0.3, 0.4) is 0 Å². The molecule has 0 radical (unpaired) electrons. The lowest BCUT2D eigenvalue weighted by molar-refractivity contribution is 0.0718. The summed E-state index contributed by atoms with van der Waals surface area (Å²) in [6.07, 6.45) is 10.6. The zero-order chi connectivity index (χ0) is 13.6. The highest BCUT2D eigenvalue weighted by Gasteiger charge is 2.41. The van der Waals surface area contributed by atoms with Gasteiger partial charge < -0.3 is 5.11 Å². The van der Waals surface area contributed by atoms with E-state index in [0.29, 0.717) is 0 Å². The van der Waals surface area contributed by atoms with Crippen molar-refractivity contribution in [1.29, 1.82) is 0 Å². The van der Waals surface area contributed by atoms with Gasteiger partial charge >= 0.3 is 0 Å². The molecule has 0 saturated heterocycles. The van der Waals surface area contributed by atoms with Crippen molar-refractivity contribution in [2.24, 2.45) is 0 Å². The fourth-order valence-electron chi connectivity index (χ4n) is 3.63. The summed E-state index contributed by atoms with van der Waals surface area (Å²) in [7, 11) is 0. The Labute approximate surface area is 118 Å². The first kappa shape index (κ1) is 14.6. The molecule has 1 atom stereocenters. The van der Waals surface area contributed by atoms with Gasteiger partial charge in [0, 0.05) is 5.41 Å². The molecule has 0 aromatic heterocycles. The van der Waals surface area contributed by atoms with Crippen LogP contribution >= 0.6 is 0 Å². The Morgan fingerprint density at radius 3 is 2.37 bits per heavy atom. The van der Waals surface area contributed by atoms with Crippen LogP contribution in [-0.2, 0) is 5.41 Å². The van der Waals surface area contributed by atoms with Crippen LogP contribution in [0.25, 0.3) is 0 Å². The highest BCUT2D eigenvalue weighted by Crippen LogP contribution is 2.45. The van der Waals surface area contributed by atoms with E-state index in [-0.39, 0.29) is 11.5 Å². The molecular formula is C18H28O. The van der Waals surface area contributed by atoms with E-state index in [9.17, 15) is 5.11 Å². The predicted octanol–water partition coefficient (Wildman–Crippen LogP) is 4.83. The Morgan fingerprint density at radius 1 is 1.05 bits per heavy atom. The molecule has 19 heavy (non-hydrogen) atoms. The molecule has 1 aliphatic carbocycles. The second-order valence-corrected chi connectivity index (χ2v) is 6.09. The van der Waals surface area contributed by atoms with Gasteiger partial charge in [-0.25, -0.2) is 0 Å².